The van der Waals surface area contributed by atoms with Crippen molar-refractivity contribution in [2.24, 2.45) is 0 Å². The van der Waals surface area contributed by atoms with Gasteiger partial charge in [-0.3, -0.25) is 9.59 Å². The van der Waals surface area contributed by atoms with Crippen LogP contribution in [0.4, 0.5) is 0 Å². The van der Waals surface area contributed by atoms with E-state index >= 15 is 0 Å². The summed E-state index contributed by atoms with van der Waals surface area (Å²) in [4.78, 5) is 34.2. The monoisotopic (exact) mass is 339 g/mol. The smallest absolute Gasteiger partial charge is 0.336 e. The molecule has 0 aliphatic carbocycles. The maximum Gasteiger partial charge on any atom is 0.336 e. The normalized spacial score (nSPS) is 17.6. The second kappa shape index (κ2) is 13.0. The molecule has 1 aliphatic heterocycles. The Balaban J connectivity index is 1.91. The summed E-state index contributed by atoms with van der Waals surface area (Å²) in [5, 5.41) is 2.66. The van der Waals surface area contributed by atoms with Crippen LogP contribution in [0.5, 0.6) is 0 Å². The molecule has 0 radical (unpaired) electrons. The highest BCUT2D eigenvalue weighted by Crippen LogP contribution is 2.13. The molecule has 5 nitrogen and oxygen atoms in total. The van der Waals surface area contributed by atoms with E-state index in [0.717, 1.165) is 12.8 Å². The second-order valence-corrected chi connectivity index (χ2v) is 6.74. The molecule has 1 atom stereocenters. The summed E-state index contributed by atoms with van der Waals surface area (Å²) in [5.74, 6) is -1.25. The van der Waals surface area contributed by atoms with Crippen LogP contribution in [0.3, 0.4) is 0 Å². The molecule has 1 N–H and O–H groups in total. The van der Waals surface area contributed by atoms with E-state index in [-0.39, 0.29) is 12.3 Å². The van der Waals surface area contributed by atoms with E-state index in [0.29, 0.717) is 12.8 Å². The van der Waals surface area contributed by atoms with E-state index in [1.165, 1.54) is 57.8 Å². The summed E-state index contributed by atoms with van der Waals surface area (Å²) in [5.41, 5.74) is 0. The number of esters is 2. The van der Waals surface area contributed by atoms with Crippen LogP contribution in [0.25, 0.3) is 0 Å². The van der Waals surface area contributed by atoms with Crippen LogP contribution < -0.4 is 5.32 Å². The van der Waals surface area contributed by atoms with Crippen LogP contribution in [-0.4, -0.2) is 23.9 Å². The van der Waals surface area contributed by atoms with E-state index in [1.807, 2.05) is 0 Å². The largest absolute Gasteiger partial charge is 0.392 e. The number of hydrogen-bond donors (Lipinski definition) is 1. The third-order valence-corrected chi connectivity index (χ3v) is 4.48. The van der Waals surface area contributed by atoms with Crippen molar-refractivity contribution in [1.82, 2.24) is 5.32 Å². The van der Waals surface area contributed by atoms with Gasteiger partial charge in [0.2, 0.25) is 5.91 Å². The van der Waals surface area contributed by atoms with Crippen molar-refractivity contribution in [3.63, 3.8) is 0 Å². The Morgan fingerprint density at radius 3 is 2.04 bits per heavy atom. The molecule has 0 unspecified atom stereocenters. The first kappa shape index (κ1) is 20.7. The van der Waals surface area contributed by atoms with Crippen molar-refractivity contribution in [3.8, 4) is 0 Å². The molecule has 0 aromatic carbocycles. The van der Waals surface area contributed by atoms with Crippen LogP contribution in [-0.2, 0) is 19.1 Å². The molecule has 0 spiro atoms. The predicted molar refractivity (Wildman–Crippen MR) is 93.3 cm³/mol. The summed E-state index contributed by atoms with van der Waals surface area (Å²) >= 11 is 0. The molecule has 0 aromatic heterocycles. The van der Waals surface area contributed by atoms with Gasteiger partial charge in [0.25, 0.3) is 0 Å². The first-order chi connectivity index (χ1) is 11.6. The lowest BCUT2D eigenvalue weighted by atomic mass is 10.0. The van der Waals surface area contributed by atoms with Crippen molar-refractivity contribution in [3.05, 3.63) is 0 Å². The Morgan fingerprint density at radius 2 is 1.50 bits per heavy atom. The Labute approximate surface area is 145 Å². The van der Waals surface area contributed by atoms with E-state index in [1.54, 1.807) is 0 Å². The fourth-order valence-electron chi connectivity index (χ4n) is 2.96. The summed E-state index contributed by atoms with van der Waals surface area (Å²) in [6.45, 7) is 2.24. The zero-order chi connectivity index (χ0) is 17.6. The average molecular weight is 339 g/mol. The van der Waals surface area contributed by atoms with Crippen molar-refractivity contribution in [2.75, 3.05) is 0 Å². The molecular weight excluding hydrogens is 306 g/mol. The first-order valence-corrected chi connectivity index (χ1v) is 9.67. The van der Waals surface area contributed by atoms with Crippen molar-refractivity contribution in [1.29, 1.82) is 0 Å². The van der Waals surface area contributed by atoms with Gasteiger partial charge in [-0.15, -0.1) is 0 Å². The molecule has 24 heavy (non-hydrogen) atoms. The van der Waals surface area contributed by atoms with Gasteiger partial charge in [-0.05, 0) is 12.8 Å². The molecule has 1 aliphatic rings. The molecule has 1 rings (SSSR count). The number of carbonyl (C=O) groups is 3. The van der Waals surface area contributed by atoms with E-state index in [2.05, 4.69) is 17.0 Å². The number of carbonyl (C=O) groups excluding carboxylic acids is 3. The quantitative estimate of drug-likeness (QED) is 0.312. The fraction of sp³-hybridized carbons (Fsp3) is 0.842. The maximum atomic E-state index is 11.8. The number of ether oxygens (including phenoxy) is 1. The second-order valence-electron chi connectivity index (χ2n) is 6.74. The summed E-state index contributed by atoms with van der Waals surface area (Å²) in [6.07, 6.45) is 14.7. The number of nitrogens with one attached hydrogen (secondary N) is 1. The van der Waals surface area contributed by atoms with Crippen LogP contribution in [0, 0.1) is 0 Å². The highest BCUT2D eigenvalue weighted by molar-refractivity contribution is 5.93. The summed E-state index contributed by atoms with van der Waals surface area (Å²) in [7, 11) is 0. The van der Waals surface area contributed by atoms with Gasteiger partial charge >= 0.3 is 11.9 Å². The summed E-state index contributed by atoms with van der Waals surface area (Å²) in [6, 6.07) is -0.650. The number of rotatable bonds is 13. The minimum Gasteiger partial charge on any atom is -0.392 e. The van der Waals surface area contributed by atoms with Crippen molar-refractivity contribution in [2.45, 2.75) is 103 Å². The zero-order valence-corrected chi connectivity index (χ0v) is 15.1. The standard InChI is InChI=1S/C19H33NO4/c1-2-3-4-5-6-7-8-9-10-11-12-13-17(21)20-16-14-15-18(22)24-19(16)23/h16H,2-15H2,1H3,(H,20,21)/t16-/m0/s1. The van der Waals surface area contributed by atoms with E-state index in [4.69, 9.17) is 0 Å². The molecular formula is C19H33NO4. The van der Waals surface area contributed by atoms with Gasteiger partial charge in [0.05, 0.1) is 0 Å². The van der Waals surface area contributed by atoms with Crippen LogP contribution in [0.1, 0.15) is 96.8 Å². The molecule has 0 saturated carbocycles. The van der Waals surface area contributed by atoms with Gasteiger partial charge < -0.3 is 10.1 Å². The van der Waals surface area contributed by atoms with Gasteiger partial charge in [-0.25, -0.2) is 4.79 Å². The van der Waals surface area contributed by atoms with Gasteiger partial charge in [0.1, 0.15) is 6.04 Å². The van der Waals surface area contributed by atoms with Gasteiger partial charge in [0, 0.05) is 12.8 Å². The number of unbranched alkanes of at least 4 members (excludes halogenated alkanes) is 10. The van der Waals surface area contributed by atoms with Crippen LogP contribution >= 0.6 is 0 Å². The SMILES string of the molecule is CCCCCCCCCCCCCC(=O)N[C@H]1CCC(=O)OC1=O. The predicted octanol–water partition coefficient (Wildman–Crippen LogP) is 4.04. The lowest BCUT2D eigenvalue weighted by Gasteiger charge is -2.20. The maximum absolute atomic E-state index is 11.8. The number of hydrogen-bond acceptors (Lipinski definition) is 4. The molecule has 0 aromatic rings. The third kappa shape index (κ3) is 9.68. The van der Waals surface area contributed by atoms with Crippen molar-refractivity contribution < 1.29 is 19.1 Å². The zero-order valence-electron chi connectivity index (χ0n) is 15.1. The lowest BCUT2D eigenvalue weighted by Crippen LogP contribution is -2.45. The molecule has 0 bridgehead atoms. The average Bonchev–Trinajstić information content (AvgIpc) is 2.55. The topological polar surface area (TPSA) is 72.5 Å². The molecule has 1 saturated heterocycles. The molecule has 1 amide bonds. The van der Waals surface area contributed by atoms with Gasteiger partial charge in [-0.1, -0.05) is 71.1 Å². The van der Waals surface area contributed by atoms with E-state index in [9.17, 15) is 14.4 Å². The van der Waals surface area contributed by atoms with Crippen molar-refractivity contribution >= 4 is 17.8 Å². The van der Waals surface area contributed by atoms with Gasteiger partial charge in [0.15, 0.2) is 0 Å². The molecule has 5 heteroatoms. The highest BCUT2D eigenvalue weighted by Gasteiger charge is 2.29. The fourth-order valence-corrected chi connectivity index (χ4v) is 2.96. The number of amides is 1. The van der Waals surface area contributed by atoms with Crippen LogP contribution in [0.2, 0.25) is 0 Å². The summed E-state index contributed by atoms with van der Waals surface area (Å²) < 4.78 is 4.52. The van der Waals surface area contributed by atoms with Gasteiger partial charge in [-0.2, -0.15) is 0 Å². The third-order valence-electron chi connectivity index (χ3n) is 4.48. The molecule has 1 heterocycles. The lowest BCUT2D eigenvalue weighted by molar-refractivity contribution is -0.166. The first-order valence-electron chi connectivity index (χ1n) is 9.67. The Kier molecular flexibility index (Phi) is 11.2. The van der Waals surface area contributed by atoms with Crippen LogP contribution in [0.15, 0.2) is 0 Å². The minimum absolute atomic E-state index is 0.123. The molecule has 1 fully saturated rings. The number of cyclic esters (lactones) is 2. The Morgan fingerprint density at radius 1 is 0.958 bits per heavy atom. The minimum atomic E-state index is -0.650. The molecule has 138 valence electrons. The van der Waals surface area contributed by atoms with E-state index < -0.39 is 18.0 Å². The highest BCUT2D eigenvalue weighted by atomic mass is 16.6. The Bertz CT molecular complexity index is 395. The Hall–Kier alpha value is -1.39.